The summed E-state index contributed by atoms with van der Waals surface area (Å²) in [6.07, 6.45) is 8.53. The molecular formula is C30H48MgO4+2. The van der Waals surface area contributed by atoms with Gasteiger partial charge in [0.1, 0.15) is 0 Å². The Morgan fingerprint density at radius 2 is 1.60 bits per heavy atom. The third kappa shape index (κ3) is 3.32. The van der Waals surface area contributed by atoms with Gasteiger partial charge in [-0.15, -0.1) is 0 Å². The van der Waals surface area contributed by atoms with Crippen molar-refractivity contribution < 1.29 is 20.1 Å². The van der Waals surface area contributed by atoms with Crippen molar-refractivity contribution in [3.63, 3.8) is 0 Å². The van der Waals surface area contributed by atoms with Crippen molar-refractivity contribution in [3.8, 4) is 0 Å². The molecule has 0 spiro atoms. The molecule has 0 radical (unpaired) electrons. The molecule has 5 aliphatic carbocycles. The van der Waals surface area contributed by atoms with Gasteiger partial charge in [-0.2, -0.15) is 0 Å². The summed E-state index contributed by atoms with van der Waals surface area (Å²) in [7, 11) is 0. The Labute approximate surface area is 228 Å². The molecule has 5 aliphatic rings. The topological polar surface area (TPSA) is 77.8 Å². The summed E-state index contributed by atoms with van der Waals surface area (Å²) in [5.41, 5.74) is 0.574. The van der Waals surface area contributed by atoms with Crippen LogP contribution in [-0.4, -0.2) is 56.5 Å². The van der Waals surface area contributed by atoms with Crippen molar-refractivity contribution >= 4 is 29.0 Å². The number of fused-ring (bicyclic) bond motifs is 7. The largest absolute Gasteiger partial charge is 2.00 e. The molecule has 0 aliphatic heterocycles. The molecule has 0 saturated heterocycles. The Kier molecular flexibility index (Phi) is 6.74. The summed E-state index contributed by atoms with van der Waals surface area (Å²) in [4.78, 5) is 12.8. The Morgan fingerprint density at radius 3 is 2.23 bits per heavy atom. The van der Waals surface area contributed by atoms with E-state index in [1.54, 1.807) is 0 Å². The number of aliphatic carboxylic acids is 1. The number of hydrogen-bond donors (Lipinski definition) is 3. The molecule has 192 valence electrons. The molecule has 5 heteroatoms. The third-order valence-electron chi connectivity index (χ3n) is 13.4. The number of rotatable bonds is 1. The fraction of sp³-hybridized carbons (Fsp3) is 0.900. The molecule has 4 fully saturated rings. The predicted octanol–water partition coefficient (Wildman–Crippen LogP) is 5.68. The minimum atomic E-state index is -0.679. The van der Waals surface area contributed by atoms with E-state index in [0.29, 0.717) is 30.1 Å². The van der Waals surface area contributed by atoms with Crippen LogP contribution < -0.4 is 0 Å². The van der Waals surface area contributed by atoms with Crippen molar-refractivity contribution in [1.29, 1.82) is 0 Å². The minimum Gasteiger partial charge on any atom is -0.481 e. The smallest absolute Gasteiger partial charge is 0.481 e. The molecule has 0 aromatic carbocycles. The molecule has 0 bridgehead atoms. The first-order valence-electron chi connectivity index (χ1n) is 14.0. The molecule has 0 aromatic heterocycles. The summed E-state index contributed by atoms with van der Waals surface area (Å²) < 4.78 is 0. The molecule has 11 atom stereocenters. The third-order valence-corrected chi connectivity index (χ3v) is 13.4. The van der Waals surface area contributed by atoms with E-state index in [4.69, 9.17) is 0 Å². The number of allylic oxidation sites excluding steroid dienone is 2. The zero-order valence-corrected chi connectivity index (χ0v) is 24.6. The molecule has 5 rings (SSSR count). The Balaban J connectivity index is 0.00000289. The predicted molar refractivity (Wildman–Crippen MR) is 140 cm³/mol. The molecule has 0 amide bonds. The fourth-order valence-corrected chi connectivity index (χ4v) is 11.0. The first-order chi connectivity index (χ1) is 15.7. The molecular weight excluding hydrogens is 449 g/mol. The number of hydrogen-bond acceptors (Lipinski definition) is 3. The zero-order valence-electron chi connectivity index (χ0n) is 23.2. The monoisotopic (exact) mass is 496 g/mol. The molecule has 35 heavy (non-hydrogen) atoms. The number of carboxylic acids is 1. The second-order valence-corrected chi connectivity index (χ2v) is 14.6. The molecule has 3 N–H and O–H groups in total. The van der Waals surface area contributed by atoms with Crippen LogP contribution in [0.2, 0.25) is 0 Å². The van der Waals surface area contributed by atoms with Gasteiger partial charge in [-0.1, -0.05) is 60.1 Å². The average Bonchev–Trinajstić information content (AvgIpc) is 2.75. The summed E-state index contributed by atoms with van der Waals surface area (Å²) >= 11 is 0. The Bertz CT molecular complexity index is 914. The second-order valence-electron chi connectivity index (χ2n) is 14.6. The number of aliphatic hydroxyl groups excluding tert-OH is 2. The van der Waals surface area contributed by atoms with Gasteiger partial charge in [0.25, 0.3) is 0 Å². The fourth-order valence-electron chi connectivity index (χ4n) is 11.0. The van der Waals surface area contributed by atoms with Crippen LogP contribution in [0.3, 0.4) is 0 Å². The maximum atomic E-state index is 12.8. The van der Waals surface area contributed by atoms with E-state index in [-0.39, 0.29) is 50.6 Å². The van der Waals surface area contributed by atoms with Crippen molar-refractivity contribution in [2.24, 2.45) is 56.7 Å². The van der Waals surface area contributed by atoms with Gasteiger partial charge in [-0.05, 0) is 103 Å². The van der Waals surface area contributed by atoms with Gasteiger partial charge >= 0.3 is 29.0 Å². The van der Waals surface area contributed by atoms with E-state index >= 15 is 0 Å². The van der Waals surface area contributed by atoms with E-state index in [0.717, 1.165) is 44.9 Å². The van der Waals surface area contributed by atoms with Gasteiger partial charge in [-0.3, -0.25) is 4.79 Å². The minimum absolute atomic E-state index is 0. The Hall–Kier alpha value is -0.104. The number of aliphatic hydroxyl groups is 2. The van der Waals surface area contributed by atoms with E-state index in [1.807, 2.05) is 0 Å². The molecule has 4 nitrogen and oxygen atoms in total. The first-order valence-corrected chi connectivity index (χ1v) is 14.0. The first kappa shape index (κ1) is 27.9. The molecule has 4 saturated carbocycles. The van der Waals surface area contributed by atoms with Gasteiger partial charge < -0.3 is 15.3 Å². The van der Waals surface area contributed by atoms with Gasteiger partial charge in [0.15, 0.2) is 0 Å². The van der Waals surface area contributed by atoms with Crippen LogP contribution in [0.15, 0.2) is 11.6 Å². The molecule has 0 aromatic rings. The van der Waals surface area contributed by atoms with Crippen LogP contribution in [-0.2, 0) is 4.79 Å². The SMILES string of the molecule is C[C@H]1[C@H](C)CC[C@]2(C(=O)O)CC[C@]3(C)C(=CC[C@@H]4[C@@]5(C)C[C@@H](O)[C@H](O)C(C)(C)[C@@H]5CC[C@]43C)[C@H]12.[Mg+2]. The van der Waals surface area contributed by atoms with E-state index in [2.05, 4.69) is 54.5 Å². The van der Waals surface area contributed by atoms with Crippen LogP contribution in [0.1, 0.15) is 99.8 Å². The van der Waals surface area contributed by atoms with Crippen molar-refractivity contribution in [2.75, 3.05) is 0 Å². The van der Waals surface area contributed by atoms with Crippen LogP contribution >= 0.6 is 0 Å². The number of carbonyl (C=O) groups is 1. The van der Waals surface area contributed by atoms with Crippen molar-refractivity contribution in [1.82, 2.24) is 0 Å². The maximum absolute atomic E-state index is 12.8. The van der Waals surface area contributed by atoms with E-state index in [1.165, 1.54) is 5.57 Å². The molecule has 0 heterocycles. The summed E-state index contributed by atoms with van der Waals surface area (Å²) in [6.45, 7) is 16.3. The van der Waals surface area contributed by atoms with E-state index < -0.39 is 23.6 Å². The normalized spacial score (nSPS) is 54.7. The van der Waals surface area contributed by atoms with Crippen molar-refractivity contribution in [3.05, 3.63) is 11.6 Å². The van der Waals surface area contributed by atoms with Crippen LogP contribution in [0, 0.1) is 56.7 Å². The maximum Gasteiger partial charge on any atom is 2.00 e. The van der Waals surface area contributed by atoms with Gasteiger partial charge in [0.05, 0.1) is 17.6 Å². The van der Waals surface area contributed by atoms with Crippen LogP contribution in [0.5, 0.6) is 0 Å². The standard InChI is InChI=1S/C30H48O4.Mg/c1-17-10-13-30(25(33)34)15-14-28(6)19(23(30)18(17)2)8-9-22-27(5)16-20(31)24(32)26(3,4)21(27)11-12-29(22,28)7;/h8,17-18,20-24,31-32H,9-16H2,1-7H3,(H,33,34);/q;+2/t17-,18+,20-,21+,22-,23+,24+,27+,28-,29-,30+;/m1./s1. The van der Waals surface area contributed by atoms with Crippen LogP contribution in [0.25, 0.3) is 0 Å². The van der Waals surface area contributed by atoms with Gasteiger partial charge in [0.2, 0.25) is 0 Å². The van der Waals surface area contributed by atoms with Crippen LogP contribution in [0.4, 0.5) is 0 Å². The average molecular weight is 497 g/mol. The summed E-state index contributed by atoms with van der Waals surface area (Å²) in [6, 6.07) is 0. The Morgan fingerprint density at radius 1 is 0.943 bits per heavy atom. The second kappa shape index (κ2) is 8.45. The van der Waals surface area contributed by atoms with E-state index in [9.17, 15) is 20.1 Å². The number of carboxylic acid groups (broad SMARTS) is 1. The van der Waals surface area contributed by atoms with Gasteiger partial charge in [0, 0.05) is 0 Å². The quantitative estimate of drug-likeness (QED) is 0.322. The molecule has 0 unspecified atom stereocenters. The van der Waals surface area contributed by atoms with Crippen molar-refractivity contribution in [2.45, 2.75) is 112 Å². The summed E-state index contributed by atoms with van der Waals surface area (Å²) in [5.74, 6) is 1.30. The summed E-state index contributed by atoms with van der Waals surface area (Å²) in [5, 5.41) is 32.4. The zero-order chi connectivity index (χ0) is 25.1. The van der Waals surface area contributed by atoms with Gasteiger partial charge in [-0.25, -0.2) is 0 Å².